The number of alkyl halides is 3. The lowest BCUT2D eigenvalue weighted by Gasteiger charge is -2.17. The third-order valence-electron chi connectivity index (χ3n) is 4.36. The maximum Gasteiger partial charge on any atom is 0.416 e. The van der Waals surface area contributed by atoms with Crippen LogP contribution in [-0.4, -0.2) is 23.8 Å². The van der Waals surface area contributed by atoms with Gasteiger partial charge in [0.1, 0.15) is 11.5 Å². The fourth-order valence-corrected chi connectivity index (χ4v) is 3.01. The van der Waals surface area contributed by atoms with Crippen LogP contribution in [-0.2, 0) is 11.0 Å². The molecule has 2 rings (SSSR count). The fourth-order valence-electron chi connectivity index (χ4n) is 2.79. The summed E-state index contributed by atoms with van der Waals surface area (Å²) in [5.74, 6) is 5.09. The lowest BCUT2D eigenvalue weighted by atomic mass is 9.96. The number of aliphatic carboxylic acids is 1. The molecule has 1 N–H and O–H groups in total. The Bertz CT molecular complexity index is 946. The molecule has 166 valence electrons. The van der Waals surface area contributed by atoms with Crippen LogP contribution in [0.25, 0.3) is 0 Å². The average molecular weight is 455 g/mol. The van der Waals surface area contributed by atoms with Crippen LogP contribution in [0.4, 0.5) is 13.2 Å². The summed E-state index contributed by atoms with van der Waals surface area (Å²) < 4.78 is 49.4. The first-order valence-electron chi connectivity index (χ1n) is 9.50. The molecule has 0 fully saturated rings. The summed E-state index contributed by atoms with van der Waals surface area (Å²) in [6.45, 7) is 3.74. The first-order valence-corrected chi connectivity index (χ1v) is 9.88. The zero-order valence-corrected chi connectivity index (χ0v) is 17.8. The highest BCUT2D eigenvalue weighted by Crippen LogP contribution is 2.35. The van der Waals surface area contributed by atoms with Crippen molar-refractivity contribution in [1.82, 2.24) is 0 Å². The number of halogens is 4. The topological polar surface area (TPSA) is 55.8 Å². The van der Waals surface area contributed by atoms with Crippen LogP contribution in [0.3, 0.4) is 0 Å². The van der Waals surface area contributed by atoms with E-state index in [1.807, 2.05) is 0 Å². The molecule has 0 saturated carbocycles. The minimum Gasteiger partial charge on any atom is -0.493 e. The number of carboxylic acids is 1. The molecular formula is C23H22ClF3O4. The lowest BCUT2D eigenvalue weighted by molar-refractivity contribution is -0.138. The van der Waals surface area contributed by atoms with Crippen molar-refractivity contribution in [1.29, 1.82) is 0 Å². The second-order valence-electron chi connectivity index (χ2n) is 6.82. The zero-order valence-electron chi connectivity index (χ0n) is 17.0. The quantitative estimate of drug-likeness (QED) is 0.460. The van der Waals surface area contributed by atoms with Crippen LogP contribution in [0.15, 0.2) is 42.5 Å². The predicted molar refractivity (Wildman–Crippen MR) is 112 cm³/mol. The van der Waals surface area contributed by atoms with Gasteiger partial charge in [0.15, 0.2) is 0 Å². The Morgan fingerprint density at radius 1 is 1.19 bits per heavy atom. The molecule has 0 saturated heterocycles. The fraction of sp³-hybridized carbons (Fsp3) is 0.348. The normalized spacial score (nSPS) is 13.0. The second-order valence-corrected chi connectivity index (χ2v) is 7.23. The molecule has 0 aliphatic rings. The molecule has 2 aromatic rings. The Labute approximate surface area is 183 Å². The van der Waals surface area contributed by atoms with E-state index in [0.717, 1.165) is 17.7 Å². The second kappa shape index (κ2) is 11.0. The molecule has 0 spiro atoms. The van der Waals surface area contributed by atoms with Gasteiger partial charge in [-0.2, -0.15) is 13.2 Å². The highest BCUT2D eigenvalue weighted by atomic mass is 35.5. The van der Waals surface area contributed by atoms with Gasteiger partial charge in [-0.15, -0.1) is 5.92 Å². The number of hydrogen-bond donors (Lipinski definition) is 1. The number of carbonyl (C=O) groups is 1. The van der Waals surface area contributed by atoms with Crippen LogP contribution in [0.2, 0.25) is 5.02 Å². The molecule has 31 heavy (non-hydrogen) atoms. The van der Waals surface area contributed by atoms with Gasteiger partial charge in [0.2, 0.25) is 0 Å². The van der Waals surface area contributed by atoms with E-state index in [2.05, 4.69) is 11.8 Å². The molecule has 2 aromatic carbocycles. The van der Waals surface area contributed by atoms with Crippen molar-refractivity contribution in [3.63, 3.8) is 0 Å². The van der Waals surface area contributed by atoms with Crippen molar-refractivity contribution < 1.29 is 32.5 Å². The molecule has 0 aliphatic carbocycles. The van der Waals surface area contributed by atoms with Gasteiger partial charge in [-0.25, -0.2) is 0 Å². The van der Waals surface area contributed by atoms with Gasteiger partial charge in [-0.3, -0.25) is 4.79 Å². The standard InChI is InChI=1S/C23H22ClF3O4/c1-3-4-17(13-22(28)29)16-5-8-19(9-6-16)30-12-11-15(2)31-21-10-7-18(14-20(21)24)23(25,26)27/h5-10,14-15,17H,11-13H2,1-2H3,(H,28,29)/t15-,17?/m0/s1. The van der Waals surface area contributed by atoms with Gasteiger partial charge in [0.05, 0.1) is 35.6 Å². The van der Waals surface area contributed by atoms with Gasteiger partial charge in [-0.1, -0.05) is 29.7 Å². The van der Waals surface area contributed by atoms with Crippen LogP contribution < -0.4 is 9.47 Å². The van der Waals surface area contributed by atoms with Gasteiger partial charge in [0.25, 0.3) is 0 Å². The van der Waals surface area contributed by atoms with Crippen molar-refractivity contribution >= 4 is 17.6 Å². The molecule has 1 unspecified atom stereocenters. The number of hydrogen-bond acceptors (Lipinski definition) is 3. The monoisotopic (exact) mass is 454 g/mol. The SMILES string of the molecule is CC#CC(CC(=O)O)c1ccc(OCC[C@H](C)Oc2ccc(C(F)(F)F)cc2Cl)cc1. The van der Waals surface area contributed by atoms with Crippen LogP contribution in [0.1, 0.15) is 43.7 Å². The molecule has 0 bridgehead atoms. The van der Waals surface area contributed by atoms with E-state index in [1.165, 1.54) is 6.07 Å². The summed E-state index contributed by atoms with van der Waals surface area (Å²) in [6, 6.07) is 9.98. The van der Waals surface area contributed by atoms with Gasteiger partial charge in [0, 0.05) is 6.42 Å². The van der Waals surface area contributed by atoms with E-state index in [1.54, 1.807) is 38.1 Å². The summed E-state index contributed by atoms with van der Waals surface area (Å²) in [5.41, 5.74) is -0.0439. The number of benzene rings is 2. The van der Waals surface area contributed by atoms with Gasteiger partial charge in [-0.05, 0) is 49.7 Å². The lowest BCUT2D eigenvalue weighted by Crippen LogP contribution is -2.16. The molecule has 0 heterocycles. The van der Waals surface area contributed by atoms with Crippen molar-refractivity contribution in [3.05, 3.63) is 58.6 Å². The minimum atomic E-state index is -4.46. The summed E-state index contributed by atoms with van der Waals surface area (Å²) in [4.78, 5) is 11.0. The summed E-state index contributed by atoms with van der Waals surface area (Å²) in [7, 11) is 0. The Balaban J connectivity index is 1.87. The summed E-state index contributed by atoms with van der Waals surface area (Å²) >= 11 is 5.90. The molecule has 2 atom stereocenters. The van der Waals surface area contributed by atoms with Crippen molar-refractivity contribution in [3.8, 4) is 23.3 Å². The maximum absolute atomic E-state index is 12.7. The van der Waals surface area contributed by atoms with Gasteiger partial charge < -0.3 is 14.6 Å². The predicted octanol–water partition coefficient (Wildman–Crippen LogP) is 6.18. The Morgan fingerprint density at radius 2 is 1.87 bits per heavy atom. The van der Waals surface area contributed by atoms with Crippen LogP contribution in [0.5, 0.6) is 11.5 Å². The Hall–Kier alpha value is -2.85. The van der Waals surface area contributed by atoms with Crippen LogP contribution in [0, 0.1) is 11.8 Å². The van der Waals surface area contributed by atoms with E-state index in [0.29, 0.717) is 18.8 Å². The maximum atomic E-state index is 12.7. The van der Waals surface area contributed by atoms with Gasteiger partial charge >= 0.3 is 12.1 Å². The Morgan fingerprint density at radius 3 is 2.42 bits per heavy atom. The molecule has 4 nitrogen and oxygen atoms in total. The van der Waals surface area contributed by atoms with Crippen molar-refractivity contribution in [2.75, 3.05) is 6.61 Å². The van der Waals surface area contributed by atoms with E-state index in [4.69, 9.17) is 26.2 Å². The number of rotatable bonds is 9. The third kappa shape index (κ3) is 7.72. The summed E-state index contributed by atoms with van der Waals surface area (Å²) in [6.07, 6.45) is -4.41. The largest absolute Gasteiger partial charge is 0.493 e. The zero-order chi connectivity index (χ0) is 23.0. The van der Waals surface area contributed by atoms with Crippen molar-refractivity contribution in [2.24, 2.45) is 0 Å². The molecular weight excluding hydrogens is 433 g/mol. The summed E-state index contributed by atoms with van der Waals surface area (Å²) in [5, 5.41) is 8.90. The first kappa shape index (κ1) is 24.4. The van der Waals surface area contributed by atoms with E-state index < -0.39 is 23.6 Å². The molecule has 0 radical (unpaired) electrons. The molecule has 8 heteroatoms. The Kier molecular flexibility index (Phi) is 8.64. The average Bonchev–Trinajstić information content (AvgIpc) is 2.68. The van der Waals surface area contributed by atoms with Crippen molar-refractivity contribution in [2.45, 2.75) is 44.9 Å². The number of ether oxygens (including phenoxy) is 2. The molecule has 0 amide bonds. The smallest absolute Gasteiger partial charge is 0.416 e. The van der Waals surface area contributed by atoms with Crippen LogP contribution >= 0.6 is 11.6 Å². The molecule has 0 aromatic heterocycles. The third-order valence-corrected chi connectivity index (χ3v) is 4.66. The van der Waals surface area contributed by atoms with E-state index in [9.17, 15) is 18.0 Å². The first-order chi connectivity index (χ1) is 14.6. The number of carboxylic acid groups (broad SMARTS) is 1. The minimum absolute atomic E-state index is 0.0809. The highest BCUT2D eigenvalue weighted by Gasteiger charge is 2.31. The van der Waals surface area contributed by atoms with E-state index >= 15 is 0 Å². The van der Waals surface area contributed by atoms with E-state index in [-0.39, 0.29) is 23.3 Å². The highest BCUT2D eigenvalue weighted by molar-refractivity contribution is 6.32. The molecule has 0 aliphatic heterocycles.